The molecule has 4 rings (SSSR count). The first-order valence-corrected chi connectivity index (χ1v) is 9.67. The molecule has 28 heavy (non-hydrogen) atoms. The van der Waals surface area contributed by atoms with Crippen LogP contribution in [-0.2, 0) is 0 Å². The Kier molecular flexibility index (Phi) is 5.05. The molecular formula is C22H24N4O2. The van der Waals surface area contributed by atoms with Crippen LogP contribution in [0.5, 0.6) is 0 Å². The summed E-state index contributed by atoms with van der Waals surface area (Å²) in [7, 11) is 0. The molecule has 2 aromatic heterocycles. The molecule has 1 aliphatic carbocycles. The summed E-state index contributed by atoms with van der Waals surface area (Å²) >= 11 is 0. The van der Waals surface area contributed by atoms with E-state index in [2.05, 4.69) is 26.3 Å². The minimum Gasteiger partial charge on any atom is -0.393 e. The summed E-state index contributed by atoms with van der Waals surface area (Å²) in [6, 6.07) is 9.76. The standard InChI is InChI=1S/C22H24N4O2/c1-13(2)21-24-11-17(12-25-21)22(28)26-20(15-8-18(27)9-15)16-7-14-5-3-4-6-19(14)23-10-16/h3-7,10-13,15,18,20,27H,8-9H2,1-2H3,(H,26,28)/t15?,18?,20-/m1/s1. The van der Waals surface area contributed by atoms with Crippen molar-refractivity contribution in [1.29, 1.82) is 0 Å². The fraction of sp³-hybridized carbons (Fsp3) is 0.364. The van der Waals surface area contributed by atoms with Crippen LogP contribution in [0.25, 0.3) is 10.9 Å². The van der Waals surface area contributed by atoms with Crippen molar-refractivity contribution in [1.82, 2.24) is 20.3 Å². The first-order valence-electron chi connectivity index (χ1n) is 9.67. The van der Waals surface area contributed by atoms with Crippen molar-refractivity contribution in [2.24, 2.45) is 5.92 Å². The highest BCUT2D eigenvalue weighted by Gasteiger charge is 2.36. The maximum atomic E-state index is 12.8. The van der Waals surface area contributed by atoms with Gasteiger partial charge < -0.3 is 10.4 Å². The molecule has 0 bridgehead atoms. The lowest BCUT2D eigenvalue weighted by Crippen LogP contribution is -2.41. The van der Waals surface area contributed by atoms with Gasteiger partial charge >= 0.3 is 0 Å². The predicted octanol–water partition coefficient (Wildman–Crippen LogP) is 3.39. The zero-order valence-electron chi connectivity index (χ0n) is 16.0. The van der Waals surface area contributed by atoms with Crippen molar-refractivity contribution >= 4 is 16.8 Å². The second-order valence-corrected chi connectivity index (χ2v) is 7.78. The molecule has 6 heteroatoms. The van der Waals surface area contributed by atoms with Crippen molar-refractivity contribution in [3.63, 3.8) is 0 Å². The molecule has 3 aromatic rings. The molecule has 1 saturated carbocycles. The predicted molar refractivity (Wildman–Crippen MR) is 107 cm³/mol. The van der Waals surface area contributed by atoms with E-state index in [4.69, 9.17) is 0 Å². The number of hydrogen-bond donors (Lipinski definition) is 2. The van der Waals surface area contributed by atoms with E-state index in [1.165, 1.54) is 0 Å². The Bertz CT molecular complexity index is 981. The molecule has 1 aromatic carbocycles. The Labute approximate surface area is 164 Å². The number of rotatable bonds is 5. The largest absolute Gasteiger partial charge is 0.393 e. The number of nitrogens with one attached hydrogen (secondary N) is 1. The Hall–Kier alpha value is -2.86. The van der Waals surface area contributed by atoms with E-state index in [1.807, 2.05) is 44.3 Å². The number of benzene rings is 1. The van der Waals surface area contributed by atoms with Crippen LogP contribution >= 0.6 is 0 Å². The van der Waals surface area contributed by atoms with Gasteiger partial charge in [0.25, 0.3) is 5.91 Å². The van der Waals surface area contributed by atoms with Crippen LogP contribution in [0.15, 0.2) is 48.9 Å². The third-order valence-corrected chi connectivity index (χ3v) is 5.33. The first kappa shape index (κ1) is 18.5. The van der Waals surface area contributed by atoms with Crippen LogP contribution in [0.3, 0.4) is 0 Å². The van der Waals surface area contributed by atoms with Gasteiger partial charge in [-0.3, -0.25) is 9.78 Å². The highest BCUT2D eigenvalue weighted by molar-refractivity contribution is 5.94. The van der Waals surface area contributed by atoms with Crippen molar-refractivity contribution in [3.8, 4) is 0 Å². The van der Waals surface area contributed by atoms with Crippen LogP contribution in [0.2, 0.25) is 0 Å². The minimum atomic E-state index is -0.300. The molecule has 0 spiro atoms. The highest BCUT2D eigenvalue weighted by Crippen LogP contribution is 2.38. The molecule has 1 aliphatic rings. The van der Waals surface area contributed by atoms with Gasteiger partial charge in [-0.1, -0.05) is 32.0 Å². The first-order chi connectivity index (χ1) is 13.5. The van der Waals surface area contributed by atoms with Gasteiger partial charge in [-0.2, -0.15) is 0 Å². The molecule has 6 nitrogen and oxygen atoms in total. The molecule has 0 radical (unpaired) electrons. The van der Waals surface area contributed by atoms with Crippen molar-refractivity contribution < 1.29 is 9.90 Å². The maximum Gasteiger partial charge on any atom is 0.254 e. The lowest BCUT2D eigenvalue weighted by atomic mass is 9.75. The molecule has 0 unspecified atom stereocenters. The number of para-hydroxylation sites is 1. The van der Waals surface area contributed by atoms with Crippen LogP contribution in [0.4, 0.5) is 0 Å². The normalized spacial score (nSPS) is 20.0. The van der Waals surface area contributed by atoms with Gasteiger partial charge in [0, 0.05) is 29.9 Å². The van der Waals surface area contributed by atoms with E-state index < -0.39 is 0 Å². The molecule has 0 saturated heterocycles. The molecule has 1 atom stereocenters. The molecule has 1 amide bonds. The lowest BCUT2D eigenvalue weighted by molar-refractivity contribution is 0.0235. The van der Waals surface area contributed by atoms with Gasteiger partial charge in [0.05, 0.1) is 23.2 Å². The molecule has 1 fully saturated rings. The van der Waals surface area contributed by atoms with Gasteiger partial charge in [0.1, 0.15) is 5.82 Å². The van der Waals surface area contributed by atoms with E-state index in [-0.39, 0.29) is 29.9 Å². The van der Waals surface area contributed by atoms with Crippen LogP contribution in [-0.4, -0.2) is 32.1 Å². The summed E-state index contributed by atoms with van der Waals surface area (Å²) in [6.45, 7) is 4.03. The fourth-order valence-corrected chi connectivity index (χ4v) is 3.61. The summed E-state index contributed by atoms with van der Waals surface area (Å²) in [6.07, 6.45) is 6.00. The summed E-state index contributed by atoms with van der Waals surface area (Å²) < 4.78 is 0. The summed E-state index contributed by atoms with van der Waals surface area (Å²) in [4.78, 5) is 25.9. The van der Waals surface area contributed by atoms with E-state index in [0.717, 1.165) is 16.5 Å². The number of aliphatic hydroxyl groups excluding tert-OH is 1. The number of carbonyl (C=O) groups is 1. The van der Waals surface area contributed by atoms with Gasteiger partial charge in [0.15, 0.2) is 0 Å². The topological polar surface area (TPSA) is 88.0 Å². The minimum absolute atomic E-state index is 0.178. The SMILES string of the molecule is CC(C)c1ncc(C(=O)N[C@@H](c2cnc3ccccc3c2)C2CC(O)C2)cn1. The second kappa shape index (κ2) is 7.64. The average Bonchev–Trinajstić information content (AvgIpc) is 2.69. The van der Waals surface area contributed by atoms with Crippen LogP contribution in [0, 0.1) is 5.92 Å². The van der Waals surface area contributed by atoms with E-state index in [1.54, 1.807) is 12.4 Å². The molecule has 0 aliphatic heterocycles. The monoisotopic (exact) mass is 376 g/mol. The molecular weight excluding hydrogens is 352 g/mol. The lowest BCUT2D eigenvalue weighted by Gasteiger charge is -2.38. The average molecular weight is 376 g/mol. The number of nitrogens with zero attached hydrogens (tertiary/aromatic N) is 3. The maximum absolute atomic E-state index is 12.8. The Balaban J connectivity index is 1.59. The quantitative estimate of drug-likeness (QED) is 0.713. The number of carbonyl (C=O) groups excluding carboxylic acids is 1. The third-order valence-electron chi connectivity index (χ3n) is 5.33. The highest BCUT2D eigenvalue weighted by atomic mass is 16.3. The third kappa shape index (κ3) is 3.73. The Morgan fingerprint density at radius 1 is 1.11 bits per heavy atom. The van der Waals surface area contributed by atoms with Crippen molar-refractivity contribution in [3.05, 3.63) is 65.9 Å². The van der Waals surface area contributed by atoms with E-state index in [9.17, 15) is 9.90 Å². The van der Waals surface area contributed by atoms with Gasteiger partial charge in [-0.25, -0.2) is 9.97 Å². The summed E-state index contributed by atoms with van der Waals surface area (Å²) in [5, 5.41) is 13.9. The molecule has 2 heterocycles. The summed E-state index contributed by atoms with van der Waals surface area (Å²) in [5.74, 6) is 0.895. The van der Waals surface area contributed by atoms with E-state index >= 15 is 0 Å². The van der Waals surface area contributed by atoms with Crippen molar-refractivity contribution in [2.45, 2.75) is 44.8 Å². The van der Waals surface area contributed by atoms with Crippen LogP contribution < -0.4 is 5.32 Å². The van der Waals surface area contributed by atoms with Gasteiger partial charge in [-0.15, -0.1) is 0 Å². The smallest absolute Gasteiger partial charge is 0.254 e. The van der Waals surface area contributed by atoms with Gasteiger partial charge in [-0.05, 0) is 36.5 Å². The number of pyridine rings is 1. The second-order valence-electron chi connectivity index (χ2n) is 7.78. The molecule has 144 valence electrons. The molecule has 2 N–H and O–H groups in total. The Morgan fingerprint density at radius 3 is 2.50 bits per heavy atom. The zero-order chi connectivity index (χ0) is 19.7. The zero-order valence-corrected chi connectivity index (χ0v) is 16.0. The number of fused-ring (bicyclic) bond motifs is 1. The Morgan fingerprint density at radius 2 is 1.82 bits per heavy atom. The van der Waals surface area contributed by atoms with Crippen molar-refractivity contribution in [2.75, 3.05) is 0 Å². The summed E-state index contributed by atoms with van der Waals surface area (Å²) in [5.41, 5.74) is 2.30. The number of aliphatic hydroxyl groups is 1. The number of aromatic nitrogens is 3. The fourth-order valence-electron chi connectivity index (χ4n) is 3.61. The number of hydrogen-bond acceptors (Lipinski definition) is 5. The van der Waals surface area contributed by atoms with Crippen LogP contribution in [0.1, 0.15) is 60.4 Å². The van der Waals surface area contributed by atoms with E-state index in [0.29, 0.717) is 24.2 Å². The number of amides is 1. The van der Waals surface area contributed by atoms with Gasteiger partial charge in [0.2, 0.25) is 0 Å².